The lowest BCUT2D eigenvalue weighted by Crippen LogP contribution is -2.47. The van der Waals surface area contributed by atoms with Crippen LogP contribution < -0.4 is 5.32 Å². The van der Waals surface area contributed by atoms with E-state index in [0.29, 0.717) is 63.7 Å². The first-order valence-electron chi connectivity index (χ1n) is 8.90. The number of anilines is 1. The van der Waals surface area contributed by atoms with Gasteiger partial charge in [-0.3, -0.25) is 9.59 Å². The largest absolute Gasteiger partial charge is 0.378 e. The van der Waals surface area contributed by atoms with Crippen LogP contribution in [-0.2, 0) is 9.53 Å². The van der Waals surface area contributed by atoms with Crippen LogP contribution in [0, 0.1) is 5.92 Å². The number of nitrogens with zero attached hydrogens (tertiary/aromatic N) is 4. The molecule has 1 N–H and O–H groups in total. The first kappa shape index (κ1) is 17.6. The van der Waals surface area contributed by atoms with E-state index < -0.39 is 0 Å². The van der Waals surface area contributed by atoms with Crippen LogP contribution in [0.5, 0.6) is 0 Å². The first-order valence-corrected chi connectivity index (χ1v) is 8.90. The van der Waals surface area contributed by atoms with Crippen molar-refractivity contribution in [3.63, 3.8) is 0 Å². The van der Waals surface area contributed by atoms with E-state index in [1.165, 1.54) is 0 Å². The smallest absolute Gasteiger partial charge is 0.256 e. The number of morpholine rings is 1. The Kier molecular flexibility index (Phi) is 5.80. The second-order valence-corrected chi connectivity index (χ2v) is 6.33. The van der Waals surface area contributed by atoms with Crippen LogP contribution in [-0.4, -0.2) is 77.5 Å². The summed E-state index contributed by atoms with van der Waals surface area (Å²) in [6.07, 6.45) is 4.52. The third kappa shape index (κ3) is 4.25. The van der Waals surface area contributed by atoms with Gasteiger partial charge < -0.3 is 19.9 Å². The van der Waals surface area contributed by atoms with Crippen LogP contribution in [0.25, 0.3) is 0 Å². The molecule has 136 valence electrons. The van der Waals surface area contributed by atoms with E-state index in [-0.39, 0.29) is 17.7 Å². The number of aromatic nitrogens is 2. The average Bonchev–Trinajstić information content (AvgIpc) is 2.68. The van der Waals surface area contributed by atoms with Crippen molar-refractivity contribution in [2.75, 3.05) is 51.3 Å². The molecule has 2 saturated heterocycles. The fourth-order valence-corrected chi connectivity index (χ4v) is 3.24. The van der Waals surface area contributed by atoms with Crippen LogP contribution in [0.1, 0.15) is 30.1 Å². The normalized spacial score (nSPS) is 18.9. The van der Waals surface area contributed by atoms with Crippen molar-refractivity contribution in [2.24, 2.45) is 5.92 Å². The molecule has 25 heavy (non-hydrogen) atoms. The number of hydrogen-bond donors (Lipinski definition) is 1. The number of rotatable bonds is 4. The lowest BCUT2D eigenvalue weighted by atomic mass is 9.94. The molecule has 0 spiro atoms. The highest BCUT2D eigenvalue weighted by Gasteiger charge is 2.31. The van der Waals surface area contributed by atoms with E-state index in [0.717, 1.165) is 6.54 Å². The zero-order chi connectivity index (χ0) is 17.6. The van der Waals surface area contributed by atoms with Gasteiger partial charge in [0.2, 0.25) is 11.9 Å². The number of carbonyl (C=O) groups is 2. The zero-order valence-electron chi connectivity index (χ0n) is 14.6. The minimum atomic E-state index is -0.0691. The molecule has 0 aliphatic carbocycles. The third-order valence-corrected chi connectivity index (χ3v) is 4.69. The number of ether oxygens (including phenoxy) is 1. The second kappa shape index (κ2) is 8.24. The molecule has 0 saturated carbocycles. The van der Waals surface area contributed by atoms with Gasteiger partial charge in [0.25, 0.3) is 5.91 Å². The standard InChI is InChI=1S/C17H25N5O3/c1-2-18-17-19-11-14(12-20-17)16(24)21-5-3-13(4-6-21)15(23)22-7-9-25-10-8-22/h11-13H,2-10H2,1H3,(H,18,19,20). The van der Waals surface area contributed by atoms with Crippen LogP contribution in [0.2, 0.25) is 0 Å². The summed E-state index contributed by atoms with van der Waals surface area (Å²) in [5.74, 6) is 0.664. The highest BCUT2D eigenvalue weighted by atomic mass is 16.5. The minimum Gasteiger partial charge on any atom is -0.378 e. The van der Waals surface area contributed by atoms with Gasteiger partial charge in [0.1, 0.15) is 0 Å². The quantitative estimate of drug-likeness (QED) is 0.859. The van der Waals surface area contributed by atoms with E-state index in [2.05, 4.69) is 15.3 Å². The van der Waals surface area contributed by atoms with Crippen LogP contribution in [0.15, 0.2) is 12.4 Å². The summed E-state index contributed by atoms with van der Waals surface area (Å²) in [5.41, 5.74) is 0.486. The van der Waals surface area contributed by atoms with E-state index in [4.69, 9.17) is 4.74 Å². The maximum Gasteiger partial charge on any atom is 0.256 e. The van der Waals surface area contributed by atoms with Crippen molar-refractivity contribution < 1.29 is 14.3 Å². The molecule has 0 unspecified atom stereocenters. The van der Waals surface area contributed by atoms with Crippen LogP contribution >= 0.6 is 0 Å². The number of piperidine rings is 1. The minimum absolute atomic E-state index is 0.00882. The van der Waals surface area contributed by atoms with Crippen molar-refractivity contribution in [1.82, 2.24) is 19.8 Å². The molecule has 0 bridgehead atoms. The van der Waals surface area contributed by atoms with Crippen LogP contribution in [0.4, 0.5) is 5.95 Å². The zero-order valence-corrected chi connectivity index (χ0v) is 14.6. The van der Waals surface area contributed by atoms with Gasteiger partial charge in [0.15, 0.2) is 0 Å². The highest BCUT2D eigenvalue weighted by molar-refractivity contribution is 5.94. The maximum absolute atomic E-state index is 12.6. The first-order chi connectivity index (χ1) is 12.2. The summed E-state index contributed by atoms with van der Waals surface area (Å²) in [4.78, 5) is 37.1. The van der Waals surface area contributed by atoms with Gasteiger partial charge in [0.05, 0.1) is 18.8 Å². The summed E-state index contributed by atoms with van der Waals surface area (Å²) in [6.45, 7) is 6.46. The number of carbonyl (C=O) groups excluding carboxylic acids is 2. The fraction of sp³-hybridized carbons (Fsp3) is 0.647. The molecule has 0 radical (unpaired) electrons. The molecule has 8 nitrogen and oxygen atoms in total. The van der Waals surface area contributed by atoms with Gasteiger partial charge in [-0.25, -0.2) is 9.97 Å². The summed E-state index contributed by atoms with van der Waals surface area (Å²) in [6, 6.07) is 0. The van der Waals surface area contributed by atoms with E-state index in [9.17, 15) is 9.59 Å². The Morgan fingerprint density at radius 2 is 1.76 bits per heavy atom. The number of likely N-dealkylation sites (tertiary alicyclic amines) is 1. The van der Waals surface area contributed by atoms with Gasteiger partial charge in [0, 0.05) is 51.0 Å². The molecule has 2 fully saturated rings. The van der Waals surface area contributed by atoms with Crippen LogP contribution in [0.3, 0.4) is 0 Å². The predicted molar refractivity (Wildman–Crippen MR) is 92.2 cm³/mol. The van der Waals surface area contributed by atoms with E-state index in [1.807, 2.05) is 11.8 Å². The molecule has 2 aliphatic heterocycles. The molecule has 2 amide bonds. The summed E-state index contributed by atoms with van der Waals surface area (Å²) >= 11 is 0. The SMILES string of the molecule is CCNc1ncc(C(=O)N2CCC(C(=O)N3CCOCC3)CC2)cn1. The molecule has 1 aromatic heterocycles. The van der Waals surface area contributed by atoms with Crippen molar-refractivity contribution in [3.8, 4) is 0 Å². The molecule has 0 aromatic carbocycles. The number of amides is 2. The van der Waals surface area contributed by atoms with Gasteiger partial charge >= 0.3 is 0 Å². The molecule has 0 atom stereocenters. The molecule has 3 rings (SSSR count). The van der Waals surface area contributed by atoms with Crippen molar-refractivity contribution >= 4 is 17.8 Å². The average molecular weight is 347 g/mol. The Bertz CT molecular complexity index is 593. The van der Waals surface area contributed by atoms with Crippen molar-refractivity contribution in [2.45, 2.75) is 19.8 Å². The Labute approximate surface area is 147 Å². The third-order valence-electron chi connectivity index (χ3n) is 4.69. The Morgan fingerprint density at radius 3 is 2.36 bits per heavy atom. The van der Waals surface area contributed by atoms with Crippen molar-refractivity contribution in [1.29, 1.82) is 0 Å². The molecule has 2 aliphatic rings. The molecule has 1 aromatic rings. The second-order valence-electron chi connectivity index (χ2n) is 6.33. The van der Waals surface area contributed by atoms with Gasteiger partial charge in [-0.15, -0.1) is 0 Å². The Hall–Kier alpha value is -2.22. The number of nitrogens with one attached hydrogen (secondary N) is 1. The molecule has 3 heterocycles. The lowest BCUT2D eigenvalue weighted by Gasteiger charge is -2.35. The predicted octanol–water partition coefficient (Wildman–Crippen LogP) is 0.619. The Morgan fingerprint density at radius 1 is 1.12 bits per heavy atom. The molecule has 8 heteroatoms. The van der Waals surface area contributed by atoms with Gasteiger partial charge in [-0.1, -0.05) is 0 Å². The number of hydrogen-bond acceptors (Lipinski definition) is 6. The van der Waals surface area contributed by atoms with Gasteiger partial charge in [-0.2, -0.15) is 0 Å². The monoisotopic (exact) mass is 347 g/mol. The topological polar surface area (TPSA) is 87.7 Å². The summed E-state index contributed by atoms with van der Waals surface area (Å²) in [5, 5.41) is 3.00. The Balaban J connectivity index is 1.52. The molecular formula is C17H25N5O3. The summed E-state index contributed by atoms with van der Waals surface area (Å²) < 4.78 is 5.30. The fourth-order valence-electron chi connectivity index (χ4n) is 3.24. The highest BCUT2D eigenvalue weighted by Crippen LogP contribution is 2.21. The lowest BCUT2D eigenvalue weighted by molar-refractivity contribution is -0.141. The van der Waals surface area contributed by atoms with Gasteiger partial charge in [-0.05, 0) is 19.8 Å². The van der Waals surface area contributed by atoms with Crippen molar-refractivity contribution in [3.05, 3.63) is 18.0 Å². The summed E-state index contributed by atoms with van der Waals surface area (Å²) in [7, 11) is 0. The van der Waals surface area contributed by atoms with E-state index >= 15 is 0 Å². The maximum atomic E-state index is 12.6. The van der Waals surface area contributed by atoms with E-state index in [1.54, 1.807) is 17.3 Å². The molecular weight excluding hydrogens is 322 g/mol.